The van der Waals surface area contributed by atoms with E-state index in [4.69, 9.17) is 0 Å². The van der Waals surface area contributed by atoms with Gasteiger partial charge in [-0.25, -0.2) is 0 Å². The van der Waals surface area contributed by atoms with Gasteiger partial charge in [-0.3, -0.25) is 9.69 Å². The van der Waals surface area contributed by atoms with Gasteiger partial charge in [-0.1, -0.05) is 6.58 Å². The maximum absolute atomic E-state index is 11.2. The fourth-order valence-corrected chi connectivity index (χ4v) is 2.47. The number of carbonyl (C=O) groups excluding carboxylic acids is 1. The monoisotopic (exact) mass is 253 g/mol. The Bertz CT molecular complexity index is 291. The third-order valence-electron chi connectivity index (χ3n) is 3.93. The van der Waals surface area contributed by atoms with Gasteiger partial charge in [0.2, 0.25) is 5.91 Å². The molecule has 4 nitrogen and oxygen atoms in total. The number of hydrogen-bond acceptors (Lipinski definition) is 3. The number of likely N-dealkylation sites (tertiary alicyclic amines) is 1. The number of nitrogens with zero attached hydrogens (tertiary/aromatic N) is 2. The van der Waals surface area contributed by atoms with Crippen molar-refractivity contribution in [2.24, 2.45) is 0 Å². The lowest BCUT2D eigenvalue weighted by Gasteiger charge is -2.44. The molecule has 1 saturated heterocycles. The summed E-state index contributed by atoms with van der Waals surface area (Å²) in [5, 5.41) is 2.89. The number of rotatable bonds is 5. The fourth-order valence-electron chi connectivity index (χ4n) is 2.47. The number of amides is 1. The number of carbonyl (C=O) groups is 1. The average molecular weight is 253 g/mol. The Labute approximate surface area is 111 Å². The van der Waals surface area contributed by atoms with Gasteiger partial charge in [0.1, 0.15) is 0 Å². The van der Waals surface area contributed by atoms with E-state index in [1.54, 1.807) is 0 Å². The SMILES string of the molecule is C=CC(=O)NCC(C)(C)N1CCC(N(C)C)CC1. The van der Waals surface area contributed by atoms with Crippen LogP contribution in [0.2, 0.25) is 0 Å². The molecular formula is C14H27N3O. The lowest BCUT2D eigenvalue weighted by atomic mass is 9.96. The lowest BCUT2D eigenvalue weighted by Crippen LogP contribution is -2.55. The number of hydrogen-bond donors (Lipinski definition) is 1. The molecule has 0 unspecified atom stereocenters. The van der Waals surface area contributed by atoms with Gasteiger partial charge in [-0.2, -0.15) is 0 Å². The Morgan fingerprint density at radius 2 is 2.00 bits per heavy atom. The minimum Gasteiger partial charge on any atom is -0.351 e. The van der Waals surface area contributed by atoms with Gasteiger partial charge in [-0.15, -0.1) is 0 Å². The Hall–Kier alpha value is -0.870. The van der Waals surface area contributed by atoms with Crippen LogP contribution in [0.15, 0.2) is 12.7 Å². The molecule has 18 heavy (non-hydrogen) atoms. The molecule has 1 rings (SSSR count). The summed E-state index contributed by atoms with van der Waals surface area (Å²) in [6, 6.07) is 0.694. The van der Waals surface area contributed by atoms with Crippen LogP contribution >= 0.6 is 0 Å². The van der Waals surface area contributed by atoms with Crippen molar-refractivity contribution in [3.05, 3.63) is 12.7 Å². The van der Waals surface area contributed by atoms with E-state index in [9.17, 15) is 4.79 Å². The average Bonchev–Trinajstić information content (AvgIpc) is 2.36. The molecule has 4 heteroatoms. The third-order valence-corrected chi connectivity index (χ3v) is 3.93. The molecule has 0 spiro atoms. The van der Waals surface area contributed by atoms with Crippen molar-refractivity contribution in [3.63, 3.8) is 0 Å². The van der Waals surface area contributed by atoms with Crippen LogP contribution in [0, 0.1) is 0 Å². The minimum absolute atomic E-state index is 0.00987. The van der Waals surface area contributed by atoms with Crippen molar-refractivity contribution in [2.75, 3.05) is 33.7 Å². The van der Waals surface area contributed by atoms with E-state index in [2.05, 4.69) is 49.6 Å². The molecule has 104 valence electrons. The Morgan fingerprint density at radius 3 is 2.44 bits per heavy atom. The second kappa shape index (κ2) is 6.34. The van der Waals surface area contributed by atoms with Gasteiger partial charge in [0.15, 0.2) is 0 Å². The maximum atomic E-state index is 11.2. The van der Waals surface area contributed by atoms with E-state index >= 15 is 0 Å². The molecule has 1 fully saturated rings. The zero-order chi connectivity index (χ0) is 13.8. The molecule has 1 amide bonds. The van der Waals surface area contributed by atoms with Crippen molar-refractivity contribution >= 4 is 5.91 Å². The fraction of sp³-hybridized carbons (Fsp3) is 0.786. The van der Waals surface area contributed by atoms with E-state index < -0.39 is 0 Å². The Balaban J connectivity index is 2.44. The molecule has 1 aliphatic rings. The molecule has 0 aliphatic carbocycles. The van der Waals surface area contributed by atoms with Gasteiger partial charge in [0, 0.05) is 31.2 Å². The highest BCUT2D eigenvalue weighted by atomic mass is 16.1. The maximum Gasteiger partial charge on any atom is 0.243 e. The quantitative estimate of drug-likeness (QED) is 0.745. The lowest BCUT2D eigenvalue weighted by molar-refractivity contribution is -0.117. The van der Waals surface area contributed by atoms with Crippen LogP contribution in [0.5, 0.6) is 0 Å². The van der Waals surface area contributed by atoms with Crippen LogP contribution in [-0.2, 0) is 4.79 Å². The van der Waals surface area contributed by atoms with Gasteiger partial charge in [0.25, 0.3) is 0 Å². The molecule has 0 bridgehead atoms. The summed E-state index contributed by atoms with van der Waals surface area (Å²) < 4.78 is 0. The smallest absolute Gasteiger partial charge is 0.243 e. The van der Waals surface area contributed by atoms with E-state index in [0.717, 1.165) is 13.1 Å². The summed E-state index contributed by atoms with van der Waals surface area (Å²) in [4.78, 5) is 16.0. The normalized spacial score (nSPS) is 18.9. The first-order chi connectivity index (χ1) is 8.36. The highest BCUT2D eigenvalue weighted by molar-refractivity contribution is 5.86. The molecule has 1 heterocycles. The first kappa shape index (κ1) is 15.2. The molecule has 1 N–H and O–H groups in total. The Morgan fingerprint density at radius 1 is 1.44 bits per heavy atom. The molecule has 0 saturated carbocycles. The summed E-state index contributed by atoms with van der Waals surface area (Å²) in [5.41, 5.74) is 0.00987. The standard InChI is InChI=1S/C14H27N3O/c1-6-13(18)15-11-14(2,3)17-9-7-12(8-10-17)16(4)5/h6,12H,1,7-11H2,2-5H3,(H,15,18). The Kier molecular flexibility index (Phi) is 5.35. The van der Waals surface area contributed by atoms with E-state index in [-0.39, 0.29) is 11.4 Å². The van der Waals surface area contributed by atoms with E-state index in [0.29, 0.717) is 12.6 Å². The van der Waals surface area contributed by atoms with Crippen molar-refractivity contribution < 1.29 is 4.79 Å². The van der Waals surface area contributed by atoms with Crippen LogP contribution in [-0.4, -0.2) is 61.0 Å². The van der Waals surface area contributed by atoms with Crippen molar-refractivity contribution in [1.29, 1.82) is 0 Å². The predicted molar refractivity (Wildman–Crippen MR) is 75.6 cm³/mol. The van der Waals surface area contributed by atoms with Crippen LogP contribution in [0.3, 0.4) is 0 Å². The van der Waals surface area contributed by atoms with Gasteiger partial charge in [-0.05, 0) is 46.9 Å². The second-order valence-electron chi connectivity index (χ2n) is 5.92. The van der Waals surface area contributed by atoms with Gasteiger partial charge < -0.3 is 10.2 Å². The predicted octanol–water partition coefficient (Wildman–Crippen LogP) is 1.09. The molecule has 0 atom stereocenters. The van der Waals surface area contributed by atoms with Crippen LogP contribution < -0.4 is 5.32 Å². The van der Waals surface area contributed by atoms with Crippen molar-refractivity contribution in [1.82, 2.24) is 15.1 Å². The first-order valence-electron chi connectivity index (χ1n) is 6.68. The number of piperidine rings is 1. The van der Waals surface area contributed by atoms with E-state index in [1.807, 2.05) is 0 Å². The number of nitrogens with one attached hydrogen (secondary N) is 1. The highest BCUT2D eigenvalue weighted by Crippen LogP contribution is 2.22. The summed E-state index contributed by atoms with van der Waals surface area (Å²) in [5.74, 6) is -0.0914. The molecule has 0 radical (unpaired) electrons. The zero-order valence-corrected chi connectivity index (χ0v) is 12.2. The molecule has 0 aromatic rings. The summed E-state index contributed by atoms with van der Waals surface area (Å²) in [6.07, 6.45) is 3.73. The van der Waals surface area contributed by atoms with Crippen LogP contribution in [0.25, 0.3) is 0 Å². The van der Waals surface area contributed by atoms with E-state index in [1.165, 1.54) is 18.9 Å². The zero-order valence-electron chi connectivity index (χ0n) is 12.2. The highest BCUT2D eigenvalue weighted by Gasteiger charge is 2.31. The summed E-state index contributed by atoms with van der Waals surface area (Å²) in [7, 11) is 4.30. The molecular weight excluding hydrogens is 226 g/mol. The topological polar surface area (TPSA) is 35.6 Å². The third kappa shape index (κ3) is 4.10. The van der Waals surface area contributed by atoms with Crippen molar-refractivity contribution in [2.45, 2.75) is 38.3 Å². The summed E-state index contributed by atoms with van der Waals surface area (Å²) >= 11 is 0. The minimum atomic E-state index is -0.0914. The van der Waals surface area contributed by atoms with Crippen LogP contribution in [0.4, 0.5) is 0 Å². The largest absolute Gasteiger partial charge is 0.351 e. The van der Waals surface area contributed by atoms with Gasteiger partial charge >= 0.3 is 0 Å². The second-order valence-corrected chi connectivity index (χ2v) is 5.92. The molecule has 1 aliphatic heterocycles. The van der Waals surface area contributed by atoms with Crippen molar-refractivity contribution in [3.8, 4) is 0 Å². The van der Waals surface area contributed by atoms with Crippen LogP contribution in [0.1, 0.15) is 26.7 Å². The molecule has 0 aromatic carbocycles. The summed E-state index contributed by atoms with van der Waals surface area (Å²) in [6.45, 7) is 10.7. The first-order valence-corrected chi connectivity index (χ1v) is 6.68. The van der Waals surface area contributed by atoms with Gasteiger partial charge in [0.05, 0.1) is 0 Å². The molecule has 0 aromatic heterocycles.